The van der Waals surface area contributed by atoms with E-state index in [-0.39, 0.29) is 18.7 Å². The highest BCUT2D eigenvalue weighted by molar-refractivity contribution is 5.83. The first-order chi connectivity index (χ1) is 11.3. The lowest BCUT2D eigenvalue weighted by molar-refractivity contribution is -0.184. The number of carbonyl (C=O) groups is 2. The third-order valence-electron chi connectivity index (χ3n) is 4.14. The molecule has 1 aliphatic rings. The Bertz CT molecular complexity index is 408. The van der Waals surface area contributed by atoms with E-state index < -0.39 is 24.7 Å². The van der Waals surface area contributed by atoms with Gasteiger partial charge in [-0.1, -0.05) is 0 Å². The summed E-state index contributed by atoms with van der Waals surface area (Å²) in [6, 6.07) is -1.69. The van der Waals surface area contributed by atoms with Crippen molar-refractivity contribution in [3.05, 3.63) is 0 Å². The van der Waals surface area contributed by atoms with Crippen LogP contribution >= 0.6 is 0 Å². The zero-order chi connectivity index (χ0) is 18.2. The maximum atomic E-state index is 13.2. The number of halogens is 3. The average Bonchev–Trinajstić information content (AvgIpc) is 2.54. The number of carbonyl (C=O) groups excluding carboxylic acids is 2. The molecule has 0 saturated carbocycles. The summed E-state index contributed by atoms with van der Waals surface area (Å²) < 4.78 is 39.6. The van der Waals surface area contributed by atoms with Crippen LogP contribution in [0, 0.1) is 0 Å². The largest absolute Gasteiger partial charge is 0.405 e. The lowest BCUT2D eigenvalue weighted by Gasteiger charge is -2.35. The summed E-state index contributed by atoms with van der Waals surface area (Å²) in [5, 5.41) is 5.33. The summed E-state index contributed by atoms with van der Waals surface area (Å²) in [6.07, 6.45) is -4.49. The van der Waals surface area contributed by atoms with E-state index in [1.807, 2.05) is 13.8 Å². The second-order valence-corrected chi connectivity index (χ2v) is 5.71. The molecule has 0 aromatic heterocycles. The van der Waals surface area contributed by atoms with Gasteiger partial charge in [-0.15, -0.1) is 0 Å². The first-order valence-electron chi connectivity index (χ1n) is 8.35. The Morgan fingerprint density at radius 2 is 1.75 bits per heavy atom. The standard InChI is InChI=1S/C15H27F3N4O2/c1-3-21(4-2)14(24)6-5-13(23)20-11-12(15(16,17)18)22-9-7-19-8-10-22/h12,19H,3-11H2,1-2H3,(H,20,23). The van der Waals surface area contributed by atoms with Gasteiger partial charge in [0.05, 0.1) is 0 Å². The van der Waals surface area contributed by atoms with Crippen molar-refractivity contribution in [2.75, 3.05) is 45.8 Å². The van der Waals surface area contributed by atoms with E-state index in [4.69, 9.17) is 0 Å². The predicted molar refractivity (Wildman–Crippen MR) is 84.5 cm³/mol. The molecule has 2 N–H and O–H groups in total. The van der Waals surface area contributed by atoms with E-state index in [1.54, 1.807) is 4.90 Å². The number of nitrogens with zero attached hydrogens (tertiary/aromatic N) is 2. The van der Waals surface area contributed by atoms with Gasteiger partial charge >= 0.3 is 6.18 Å². The molecule has 1 atom stereocenters. The van der Waals surface area contributed by atoms with Crippen molar-refractivity contribution in [2.45, 2.75) is 38.9 Å². The molecule has 0 aromatic rings. The molecule has 1 rings (SSSR count). The highest BCUT2D eigenvalue weighted by Crippen LogP contribution is 2.24. The van der Waals surface area contributed by atoms with Crippen molar-refractivity contribution in [1.29, 1.82) is 0 Å². The second-order valence-electron chi connectivity index (χ2n) is 5.71. The fourth-order valence-corrected chi connectivity index (χ4v) is 2.70. The zero-order valence-electron chi connectivity index (χ0n) is 14.3. The maximum Gasteiger partial charge on any atom is 0.405 e. The quantitative estimate of drug-likeness (QED) is 0.671. The Labute approximate surface area is 140 Å². The van der Waals surface area contributed by atoms with Crippen LogP contribution in [-0.2, 0) is 9.59 Å². The minimum atomic E-state index is -4.40. The van der Waals surface area contributed by atoms with E-state index >= 15 is 0 Å². The van der Waals surface area contributed by atoms with Crippen LogP contribution in [0.15, 0.2) is 0 Å². The van der Waals surface area contributed by atoms with Gasteiger partial charge in [-0.05, 0) is 13.8 Å². The Hall–Kier alpha value is -1.35. The molecule has 1 unspecified atom stereocenters. The third kappa shape index (κ3) is 6.64. The molecular formula is C15H27F3N4O2. The molecule has 1 aliphatic heterocycles. The molecule has 2 amide bonds. The van der Waals surface area contributed by atoms with Gasteiger partial charge in [0.15, 0.2) is 0 Å². The molecule has 6 nitrogen and oxygen atoms in total. The Morgan fingerprint density at radius 3 is 2.25 bits per heavy atom. The number of alkyl halides is 3. The van der Waals surface area contributed by atoms with E-state index in [9.17, 15) is 22.8 Å². The lowest BCUT2D eigenvalue weighted by atomic mass is 10.2. The van der Waals surface area contributed by atoms with Crippen molar-refractivity contribution in [3.8, 4) is 0 Å². The lowest BCUT2D eigenvalue weighted by Crippen LogP contribution is -2.57. The molecule has 1 fully saturated rings. The van der Waals surface area contributed by atoms with Gasteiger partial charge in [-0.2, -0.15) is 13.2 Å². The number of hydrogen-bond donors (Lipinski definition) is 2. The summed E-state index contributed by atoms with van der Waals surface area (Å²) in [6.45, 7) is 5.87. The maximum absolute atomic E-state index is 13.2. The zero-order valence-corrected chi connectivity index (χ0v) is 14.3. The van der Waals surface area contributed by atoms with Gasteiger partial charge < -0.3 is 15.5 Å². The summed E-state index contributed by atoms with van der Waals surface area (Å²) in [5.74, 6) is -0.690. The molecule has 1 heterocycles. The molecule has 0 spiro atoms. The number of nitrogens with one attached hydrogen (secondary N) is 2. The average molecular weight is 352 g/mol. The monoisotopic (exact) mass is 352 g/mol. The smallest absolute Gasteiger partial charge is 0.354 e. The summed E-state index contributed by atoms with van der Waals surface area (Å²) in [4.78, 5) is 26.5. The van der Waals surface area contributed by atoms with Crippen LogP contribution in [0.5, 0.6) is 0 Å². The van der Waals surface area contributed by atoms with Gasteiger partial charge in [-0.25, -0.2) is 0 Å². The van der Waals surface area contributed by atoms with Gasteiger partial charge in [0.1, 0.15) is 6.04 Å². The van der Waals surface area contributed by atoms with Gasteiger partial charge in [0.2, 0.25) is 11.8 Å². The molecule has 9 heteroatoms. The minimum Gasteiger partial charge on any atom is -0.354 e. The van der Waals surface area contributed by atoms with Gasteiger partial charge in [-0.3, -0.25) is 14.5 Å². The topological polar surface area (TPSA) is 64.7 Å². The number of hydrogen-bond acceptors (Lipinski definition) is 4. The number of rotatable bonds is 8. The molecule has 0 aromatic carbocycles. The van der Waals surface area contributed by atoms with Crippen LogP contribution in [-0.4, -0.2) is 79.6 Å². The molecule has 0 aliphatic carbocycles. The van der Waals surface area contributed by atoms with Crippen molar-refractivity contribution in [2.24, 2.45) is 0 Å². The number of amides is 2. The minimum absolute atomic E-state index is 0.0117. The first-order valence-corrected chi connectivity index (χ1v) is 8.35. The van der Waals surface area contributed by atoms with Crippen molar-refractivity contribution in [1.82, 2.24) is 20.4 Å². The van der Waals surface area contributed by atoms with Crippen LogP contribution < -0.4 is 10.6 Å². The molecule has 0 bridgehead atoms. The number of piperazine rings is 1. The third-order valence-corrected chi connectivity index (χ3v) is 4.14. The van der Waals surface area contributed by atoms with Gasteiger partial charge in [0, 0.05) is 58.7 Å². The normalized spacial score (nSPS) is 17.4. The summed E-state index contributed by atoms with van der Waals surface area (Å²) in [7, 11) is 0. The second kappa shape index (κ2) is 9.83. The summed E-state index contributed by atoms with van der Waals surface area (Å²) >= 11 is 0. The predicted octanol–water partition coefficient (Wildman–Crippen LogP) is 0.587. The van der Waals surface area contributed by atoms with E-state index in [2.05, 4.69) is 10.6 Å². The van der Waals surface area contributed by atoms with E-state index in [0.29, 0.717) is 39.3 Å². The van der Waals surface area contributed by atoms with Crippen molar-refractivity contribution in [3.63, 3.8) is 0 Å². The van der Waals surface area contributed by atoms with Crippen molar-refractivity contribution >= 4 is 11.8 Å². The fraction of sp³-hybridized carbons (Fsp3) is 0.867. The Balaban J connectivity index is 2.45. The van der Waals surface area contributed by atoms with E-state index in [0.717, 1.165) is 0 Å². The molecule has 1 saturated heterocycles. The van der Waals surface area contributed by atoms with Crippen LogP contribution in [0.3, 0.4) is 0 Å². The SMILES string of the molecule is CCN(CC)C(=O)CCC(=O)NCC(N1CCNCC1)C(F)(F)F. The highest BCUT2D eigenvalue weighted by atomic mass is 19.4. The highest BCUT2D eigenvalue weighted by Gasteiger charge is 2.43. The molecule has 24 heavy (non-hydrogen) atoms. The molecule has 0 radical (unpaired) electrons. The van der Waals surface area contributed by atoms with Gasteiger partial charge in [0.25, 0.3) is 0 Å². The Morgan fingerprint density at radius 1 is 1.17 bits per heavy atom. The Kier molecular flexibility index (Phi) is 8.47. The summed E-state index contributed by atoms with van der Waals surface area (Å²) in [5.41, 5.74) is 0. The van der Waals surface area contributed by atoms with Crippen LogP contribution in [0.1, 0.15) is 26.7 Å². The van der Waals surface area contributed by atoms with E-state index in [1.165, 1.54) is 4.90 Å². The molecular weight excluding hydrogens is 325 g/mol. The van der Waals surface area contributed by atoms with Crippen molar-refractivity contribution < 1.29 is 22.8 Å². The first kappa shape index (κ1) is 20.7. The van der Waals surface area contributed by atoms with Crippen LogP contribution in [0.4, 0.5) is 13.2 Å². The van der Waals surface area contributed by atoms with Crippen LogP contribution in [0.25, 0.3) is 0 Å². The molecule has 140 valence electrons. The fourth-order valence-electron chi connectivity index (χ4n) is 2.70. The van der Waals surface area contributed by atoms with Crippen LogP contribution in [0.2, 0.25) is 0 Å².